The molecule has 1 aliphatic carbocycles. The quantitative estimate of drug-likeness (QED) is 0.585. The summed E-state index contributed by atoms with van der Waals surface area (Å²) in [6.45, 7) is 6.27. The van der Waals surface area contributed by atoms with Crippen LogP contribution in [0.4, 0.5) is 0 Å². The molecule has 1 aromatic carbocycles. The molecule has 2 rings (SSSR count). The number of aryl methyl sites for hydroxylation is 1. The molecule has 0 spiro atoms. The van der Waals surface area contributed by atoms with E-state index in [4.69, 9.17) is 4.74 Å². The van der Waals surface area contributed by atoms with E-state index in [-0.39, 0.29) is 0 Å². The van der Waals surface area contributed by atoms with Gasteiger partial charge >= 0.3 is 0 Å². The smallest absolute Gasteiger partial charge is 0.0611 e. The molecule has 1 aliphatic rings. The monoisotopic (exact) mass is 262 g/mol. The third kappa shape index (κ3) is 3.89. The molecular weight excluding hydrogens is 240 g/mol. The number of rotatable bonds is 4. The average Bonchev–Trinajstić information content (AvgIpc) is 2.37. The highest BCUT2D eigenvalue weighted by Crippen LogP contribution is 2.33. The Balaban J connectivity index is 1.85. The Morgan fingerprint density at radius 3 is 2.67 bits per heavy atom. The molecule has 0 aliphatic heterocycles. The standard InChI is InChI=1S/C16H22OS/c1-12-4-6-16(7-5-12)18-11-14-8-13(2)9-15(10-14)17-3/h4-7,14-15H,2,8-11H2,1,3H3/t14-,15-/m0/s1. The number of benzene rings is 1. The highest BCUT2D eigenvalue weighted by molar-refractivity contribution is 7.99. The van der Waals surface area contributed by atoms with Crippen molar-refractivity contribution in [2.45, 2.75) is 37.2 Å². The van der Waals surface area contributed by atoms with Gasteiger partial charge in [-0.1, -0.05) is 29.8 Å². The van der Waals surface area contributed by atoms with Gasteiger partial charge in [0.2, 0.25) is 0 Å². The molecule has 0 saturated heterocycles. The first-order chi connectivity index (χ1) is 8.67. The first-order valence-electron chi connectivity index (χ1n) is 6.56. The molecule has 0 heterocycles. The molecular formula is C16H22OS. The number of methoxy groups -OCH3 is 1. The van der Waals surface area contributed by atoms with E-state index in [9.17, 15) is 0 Å². The fourth-order valence-electron chi connectivity index (χ4n) is 2.51. The van der Waals surface area contributed by atoms with E-state index in [1.54, 1.807) is 0 Å². The molecule has 0 bridgehead atoms. The van der Waals surface area contributed by atoms with Gasteiger partial charge in [0, 0.05) is 17.8 Å². The van der Waals surface area contributed by atoms with Gasteiger partial charge < -0.3 is 4.74 Å². The second kappa shape index (κ2) is 6.44. The summed E-state index contributed by atoms with van der Waals surface area (Å²) in [4.78, 5) is 1.37. The van der Waals surface area contributed by atoms with Crippen LogP contribution in [-0.4, -0.2) is 19.0 Å². The predicted molar refractivity (Wildman–Crippen MR) is 79.2 cm³/mol. The van der Waals surface area contributed by atoms with Crippen molar-refractivity contribution in [2.75, 3.05) is 12.9 Å². The van der Waals surface area contributed by atoms with Crippen LogP contribution in [-0.2, 0) is 4.74 Å². The van der Waals surface area contributed by atoms with Crippen LogP contribution in [0, 0.1) is 12.8 Å². The summed E-state index contributed by atoms with van der Waals surface area (Å²) in [5.74, 6) is 1.88. The first-order valence-corrected chi connectivity index (χ1v) is 7.55. The zero-order valence-corrected chi connectivity index (χ0v) is 12.1. The molecule has 1 nitrogen and oxygen atoms in total. The minimum atomic E-state index is 0.384. The van der Waals surface area contributed by atoms with Gasteiger partial charge in [-0.3, -0.25) is 0 Å². The van der Waals surface area contributed by atoms with Crippen LogP contribution in [0.25, 0.3) is 0 Å². The Kier molecular flexibility index (Phi) is 4.90. The first kappa shape index (κ1) is 13.7. The molecule has 0 radical (unpaired) electrons. The highest BCUT2D eigenvalue weighted by Gasteiger charge is 2.23. The summed E-state index contributed by atoms with van der Waals surface area (Å²) >= 11 is 1.95. The van der Waals surface area contributed by atoms with Crippen molar-refractivity contribution in [3.05, 3.63) is 42.0 Å². The van der Waals surface area contributed by atoms with Gasteiger partial charge in [-0.05, 0) is 44.2 Å². The Bertz CT molecular complexity index is 396. The summed E-state index contributed by atoms with van der Waals surface area (Å²) in [5, 5.41) is 0. The molecule has 98 valence electrons. The van der Waals surface area contributed by atoms with Gasteiger partial charge in [0.25, 0.3) is 0 Å². The lowest BCUT2D eigenvalue weighted by Gasteiger charge is -2.29. The third-order valence-corrected chi connectivity index (χ3v) is 4.77. The van der Waals surface area contributed by atoms with Gasteiger partial charge in [0.1, 0.15) is 0 Å². The summed E-state index contributed by atoms with van der Waals surface area (Å²) in [7, 11) is 1.81. The molecule has 2 atom stereocenters. The molecule has 2 heteroatoms. The van der Waals surface area contributed by atoms with Crippen LogP contribution in [0.1, 0.15) is 24.8 Å². The fraction of sp³-hybridized carbons (Fsp3) is 0.500. The minimum Gasteiger partial charge on any atom is -0.381 e. The van der Waals surface area contributed by atoms with Crippen LogP contribution in [0.5, 0.6) is 0 Å². The van der Waals surface area contributed by atoms with Crippen molar-refractivity contribution in [2.24, 2.45) is 5.92 Å². The largest absolute Gasteiger partial charge is 0.381 e. The second-order valence-electron chi connectivity index (χ2n) is 5.24. The summed E-state index contributed by atoms with van der Waals surface area (Å²) in [5.41, 5.74) is 2.67. The van der Waals surface area contributed by atoms with Gasteiger partial charge in [-0.15, -0.1) is 11.8 Å². The van der Waals surface area contributed by atoms with Crippen LogP contribution < -0.4 is 0 Å². The normalized spacial score (nSPS) is 24.2. The van der Waals surface area contributed by atoms with E-state index < -0.39 is 0 Å². The Morgan fingerprint density at radius 1 is 1.28 bits per heavy atom. The third-order valence-electron chi connectivity index (χ3n) is 3.53. The number of thioether (sulfide) groups is 1. The number of hydrogen-bond acceptors (Lipinski definition) is 2. The van der Waals surface area contributed by atoms with E-state index in [0.29, 0.717) is 12.0 Å². The molecule has 1 saturated carbocycles. The number of ether oxygens (including phenoxy) is 1. The zero-order chi connectivity index (χ0) is 13.0. The maximum atomic E-state index is 5.49. The lowest BCUT2D eigenvalue weighted by molar-refractivity contribution is 0.0712. The van der Waals surface area contributed by atoms with Crippen LogP contribution in [0.15, 0.2) is 41.3 Å². The lowest BCUT2D eigenvalue weighted by Crippen LogP contribution is -2.24. The van der Waals surface area contributed by atoms with E-state index in [1.807, 2.05) is 18.9 Å². The van der Waals surface area contributed by atoms with Crippen molar-refractivity contribution in [1.82, 2.24) is 0 Å². The SMILES string of the molecule is C=C1C[C@H](CSc2ccc(C)cc2)C[C@@H](OC)C1. The van der Waals surface area contributed by atoms with Gasteiger partial charge in [-0.25, -0.2) is 0 Å². The Morgan fingerprint density at radius 2 is 2.00 bits per heavy atom. The molecule has 1 aromatic rings. The van der Waals surface area contributed by atoms with Crippen molar-refractivity contribution < 1.29 is 4.74 Å². The molecule has 0 aromatic heterocycles. The van der Waals surface area contributed by atoms with Gasteiger partial charge in [0.15, 0.2) is 0 Å². The zero-order valence-electron chi connectivity index (χ0n) is 11.3. The average molecular weight is 262 g/mol. The van der Waals surface area contributed by atoms with Crippen molar-refractivity contribution in [3.8, 4) is 0 Å². The Labute approximate surface area is 115 Å². The molecule has 1 fully saturated rings. The van der Waals surface area contributed by atoms with Crippen LogP contribution in [0.3, 0.4) is 0 Å². The molecule has 0 N–H and O–H groups in total. The van der Waals surface area contributed by atoms with Crippen LogP contribution in [0.2, 0.25) is 0 Å². The Hall–Kier alpha value is -0.730. The van der Waals surface area contributed by atoms with E-state index in [0.717, 1.165) is 6.42 Å². The molecule has 0 amide bonds. The summed E-state index contributed by atoms with van der Waals surface area (Å²) < 4.78 is 5.49. The highest BCUT2D eigenvalue weighted by atomic mass is 32.2. The topological polar surface area (TPSA) is 9.23 Å². The van der Waals surface area contributed by atoms with Crippen molar-refractivity contribution >= 4 is 11.8 Å². The van der Waals surface area contributed by atoms with Crippen molar-refractivity contribution in [3.63, 3.8) is 0 Å². The summed E-state index contributed by atoms with van der Waals surface area (Å²) in [6.07, 6.45) is 3.77. The van der Waals surface area contributed by atoms with Crippen molar-refractivity contribution in [1.29, 1.82) is 0 Å². The van der Waals surface area contributed by atoms with E-state index >= 15 is 0 Å². The van der Waals surface area contributed by atoms with Gasteiger partial charge in [0.05, 0.1) is 6.10 Å². The van der Waals surface area contributed by atoms with E-state index in [2.05, 4.69) is 37.8 Å². The molecule has 18 heavy (non-hydrogen) atoms. The molecule has 0 unspecified atom stereocenters. The lowest BCUT2D eigenvalue weighted by atomic mass is 9.85. The second-order valence-corrected chi connectivity index (χ2v) is 6.34. The number of hydrogen-bond donors (Lipinski definition) is 0. The fourth-order valence-corrected chi connectivity index (χ4v) is 3.52. The maximum Gasteiger partial charge on any atom is 0.0611 e. The maximum absolute atomic E-state index is 5.49. The summed E-state index contributed by atoms with van der Waals surface area (Å²) in [6, 6.07) is 8.79. The minimum absolute atomic E-state index is 0.384. The predicted octanol–water partition coefficient (Wildman–Crippen LogP) is 4.46. The van der Waals surface area contributed by atoms with E-state index in [1.165, 1.54) is 34.6 Å². The van der Waals surface area contributed by atoms with Crippen LogP contribution >= 0.6 is 11.8 Å². The van der Waals surface area contributed by atoms with Gasteiger partial charge in [-0.2, -0.15) is 0 Å².